The lowest BCUT2D eigenvalue weighted by atomic mass is 9.93. The van der Waals surface area contributed by atoms with Gasteiger partial charge in [0.25, 0.3) is 0 Å². The highest BCUT2D eigenvalue weighted by Crippen LogP contribution is 2.32. The third kappa shape index (κ3) is 2.53. The van der Waals surface area contributed by atoms with E-state index < -0.39 is 0 Å². The van der Waals surface area contributed by atoms with Crippen molar-refractivity contribution in [2.75, 3.05) is 7.11 Å². The number of aryl methyl sites for hydroxylation is 2. The van der Waals surface area contributed by atoms with Crippen molar-refractivity contribution in [3.8, 4) is 18.1 Å². The molecule has 0 heterocycles. The van der Waals surface area contributed by atoms with E-state index in [0.717, 1.165) is 12.2 Å². The van der Waals surface area contributed by atoms with Crippen LogP contribution in [0.5, 0.6) is 5.75 Å². The summed E-state index contributed by atoms with van der Waals surface area (Å²) in [6, 6.07) is 4.29. The van der Waals surface area contributed by atoms with Crippen molar-refractivity contribution in [1.29, 1.82) is 0 Å². The van der Waals surface area contributed by atoms with E-state index in [4.69, 9.17) is 11.2 Å². The predicted molar refractivity (Wildman–Crippen MR) is 64.3 cm³/mol. The zero-order valence-corrected chi connectivity index (χ0v) is 9.92. The fourth-order valence-electron chi connectivity index (χ4n) is 1.92. The lowest BCUT2D eigenvalue weighted by Crippen LogP contribution is -2.00. The van der Waals surface area contributed by atoms with Gasteiger partial charge in [-0.05, 0) is 30.9 Å². The number of hydrogen-bond acceptors (Lipinski definition) is 1. The zero-order valence-electron chi connectivity index (χ0n) is 9.92. The summed E-state index contributed by atoms with van der Waals surface area (Å²) >= 11 is 0. The molecule has 0 fully saturated rings. The Hall–Kier alpha value is -1.42. The number of benzene rings is 1. The monoisotopic (exact) mass is 202 g/mol. The first kappa shape index (κ1) is 11.7. The van der Waals surface area contributed by atoms with Crippen molar-refractivity contribution in [3.63, 3.8) is 0 Å². The first-order chi connectivity index (χ1) is 7.10. The van der Waals surface area contributed by atoms with Crippen LogP contribution in [-0.4, -0.2) is 7.11 Å². The average molecular weight is 202 g/mol. The normalized spacial score (nSPS) is 11.9. The molecular formula is C14H18O. The van der Waals surface area contributed by atoms with Gasteiger partial charge >= 0.3 is 0 Å². The maximum absolute atomic E-state index is 5.43. The quantitative estimate of drug-likeness (QED) is 0.682. The van der Waals surface area contributed by atoms with Crippen LogP contribution < -0.4 is 4.74 Å². The number of methoxy groups -OCH3 is 1. The minimum Gasteiger partial charge on any atom is -0.496 e. The molecule has 1 unspecified atom stereocenters. The summed E-state index contributed by atoms with van der Waals surface area (Å²) in [7, 11) is 1.71. The van der Waals surface area contributed by atoms with Crippen molar-refractivity contribution in [3.05, 3.63) is 28.8 Å². The molecule has 1 aromatic carbocycles. The number of ether oxygens (including phenoxy) is 1. The molecule has 0 N–H and O–H groups in total. The van der Waals surface area contributed by atoms with Crippen LogP contribution >= 0.6 is 0 Å². The SMILES string of the molecule is C#CCC(C)c1cc(C)cc(C)c1OC. The standard InChI is InChI=1S/C14H18O/c1-6-7-11(3)13-9-10(2)8-12(4)14(13)15-5/h1,8-9,11H,7H2,2-5H3. The van der Waals surface area contributed by atoms with Gasteiger partial charge in [0.2, 0.25) is 0 Å². The van der Waals surface area contributed by atoms with Crippen LogP contribution in [0.25, 0.3) is 0 Å². The maximum atomic E-state index is 5.43. The molecule has 0 saturated carbocycles. The minimum atomic E-state index is 0.351. The molecule has 1 heteroatoms. The van der Waals surface area contributed by atoms with Gasteiger partial charge in [0, 0.05) is 6.42 Å². The molecule has 1 atom stereocenters. The Labute approximate surface area is 92.5 Å². The van der Waals surface area contributed by atoms with Crippen LogP contribution in [0.1, 0.15) is 36.0 Å². The smallest absolute Gasteiger partial charge is 0.125 e. The van der Waals surface area contributed by atoms with E-state index in [9.17, 15) is 0 Å². The molecule has 0 aromatic heterocycles. The fourth-order valence-corrected chi connectivity index (χ4v) is 1.92. The molecular weight excluding hydrogens is 184 g/mol. The van der Waals surface area contributed by atoms with Crippen molar-refractivity contribution in [1.82, 2.24) is 0 Å². The second kappa shape index (κ2) is 4.89. The molecule has 0 spiro atoms. The fraction of sp³-hybridized carbons (Fsp3) is 0.429. The minimum absolute atomic E-state index is 0.351. The highest BCUT2D eigenvalue weighted by molar-refractivity contribution is 5.45. The summed E-state index contributed by atoms with van der Waals surface area (Å²) in [6.07, 6.45) is 6.09. The van der Waals surface area contributed by atoms with E-state index in [-0.39, 0.29) is 0 Å². The molecule has 0 bridgehead atoms. The Morgan fingerprint density at radius 2 is 2.07 bits per heavy atom. The Kier molecular flexibility index (Phi) is 3.80. The highest BCUT2D eigenvalue weighted by atomic mass is 16.5. The molecule has 0 radical (unpaired) electrons. The van der Waals surface area contributed by atoms with Gasteiger partial charge in [-0.15, -0.1) is 12.3 Å². The van der Waals surface area contributed by atoms with E-state index >= 15 is 0 Å². The van der Waals surface area contributed by atoms with Gasteiger partial charge in [0.1, 0.15) is 5.75 Å². The lowest BCUT2D eigenvalue weighted by molar-refractivity contribution is 0.403. The first-order valence-electron chi connectivity index (χ1n) is 5.18. The van der Waals surface area contributed by atoms with E-state index in [2.05, 4.69) is 38.8 Å². The van der Waals surface area contributed by atoms with Gasteiger partial charge in [-0.25, -0.2) is 0 Å². The van der Waals surface area contributed by atoms with Crippen LogP contribution in [0.2, 0.25) is 0 Å². The van der Waals surface area contributed by atoms with E-state index in [1.165, 1.54) is 16.7 Å². The molecule has 0 amide bonds. The van der Waals surface area contributed by atoms with Gasteiger partial charge in [0.15, 0.2) is 0 Å². The zero-order chi connectivity index (χ0) is 11.4. The molecule has 0 aliphatic heterocycles. The summed E-state index contributed by atoms with van der Waals surface area (Å²) in [4.78, 5) is 0. The Balaban J connectivity index is 3.20. The second-order valence-electron chi connectivity index (χ2n) is 4.01. The summed E-state index contributed by atoms with van der Waals surface area (Å²) in [5.41, 5.74) is 3.65. The van der Waals surface area contributed by atoms with Crippen molar-refractivity contribution in [2.45, 2.75) is 33.1 Å². The number of hydrogen-bond donors (Lipinski definition) is 0. The van der Waals surface area contributed by atoms with Gasteiger partial charge < -0.3 is 4.74 Å². The van der Waals surface area contributed by atoms with Gasteiger partial charge in [-0.3, -0.25) is 0 Å². The largest absolute Gasteiger partial charge is 0.496 e. The molecule has 1 aromatic rings. The number of terminal acetylenes is 1. The van der Waals surface area contributed by atoms with Crippen LogP contribution in [0.3, 0.4) is 0 Å². The second-order valence-corrected chi connectivity index (χ2v) is 4.01. The summed E-state index contributed by atoms with van der Waals surface area (Å²) in [6.45, 7) is 6.30. The lowest BCUT2D eigenvalue weighted by Gasteiger charge is -2.16. The Morgan fingerprint density at radius 3 is 2.60 bits per heavy atom. The van der Waals surface area contributed by atoms with Gasteiger partial charge in [-0.1, -0.05) is 24.6 Å². The maximum Gasteiger partial charge on any atom is 0.125 e. The van der Waals surface area contributed by atoms with Crippen LogP contribution in [0.4, 0.5) is 0 Å². The Morgan fingerprint density at radius 1 is 1.40 bits per heavy atom. The summed E-state index contributed by atoms with van der Waals surface area (Å²) < 4.78 is 5.43. The highest BCUT2D eigenvalue weighted by Gasteiger charge is 2.13. The van der Waals surface area contributed by atoms with Crippen LogP contribution in [0, 0.1) is 26.2 Å². The average Bonchev–Trinajstić information content (AvgIpc) is 2.17. The molecule has 1 nitrogen and oxygen atoms in total. The molecule has 0 aliphatic rings. The summed E-state index contributed by atoms with van der Waals surface area (Å²) in [5.74, 6) is 4.03. The van der Waals surface area contributed by atoms with Gasteiger partial charge in [-0.2, -0.15) is 0 Å². The van der Waals surface area contributed by atoms with Crippen LogP contribution in [0.15, 0.2) is 12.1 Å². The third-order valence-corrected chi connectivity index (χ3v) is 2.61. The molecule has 80 valence electrons. The van der Waals surface area contributed by atoms with Crippen LogP contribution in [-0.2, 0) is 0 Å². The molecule has 1 rings (SSSR count). The van der Waals surface area contributed by atoms with E-state index in [1.54, 1.807) is 7.11 Å². The molecule has 0 aliphatic carbocycles. The van der Waals surface area contributed by atoms with Crippen molar-refractivity contribution < 1.29 is 4.74 Å². The molecule has 0 saturated heterocycles. The van der Waals surface area contributed by atoms with Crippen molar-refractivity contribution >= 4 is 0 Å². The predicted octanol–water partition coefficient (Wildman–Crippen LogP) is 3.44. The first-order valence-corrected chi connectivity index (χ1v) is 5.18. The van der Waals surface area contributed by atoms with Gasteiger partial charge in [0.05, 0.1) is 7.11 Å². The van der Waals surface area contributed by atoms with Crippen molar-refractivity contribution in [2.24, 2.45) is 0 Å². The third-order valence-electron chi connectivity index (χ3n) is 2.61. The van der Waals surface area contributed by atoms with E-state index in [0.29, 0.717) is 5.92 Å². The molecule has 15 heavy (non-hydrogen) atoms. The number of rotatable bonds is 3. The topological polar surface area (TPSA) is 9.23 Å². The Bertz CT molecular complexity index is 385. The van der Waals surface area contributed by atoms with E-state index in [1.807, 2.05) is 0 Å². The summed E-state index contributed by atoms with van der Waals surface area (Å²) in [5, 5.41) is 0.